The zero-order valence-electron chi connectivity index (χ0n) is 28.4. The summed E-state index contributed by atoms with van der Waals surface area (Å²) in [6.45, 7) is 0. The molecule has 6 aromatic carbocycles. The van der Waals surface area contributed by atoms with Gasteiger partial charge in [0.2, 0.25) is 0 Å². The van der Waals surface area contributed by atoms with Gasteiger partial charge in [-0.15, -0.1) is 0 Å². The highest BCUT2D eigenvalue weighted by molar-refractivity contribution is 7.10. The molecule has 0 atom stereocenters. The van der Waals surface area contributed by atoms with Crippen LogP contribution in [0.2, 0.25) is 0 Å². The molecule has 0 radical (unpaired) electrons. The van der Waals surface area contributed by atoms with Crippen LogP contribution in [0.25, 0.3) is 33.4 Å². The molecule has 0 saturated heterocycles. The Morgan fingerprint density at radius 3 is 1.26 bits per heavy atom. The predicted octanol–water partition coefficient (Wildman–Crippen LogP) is 10.2. The highest BCUT2D eigenvalue weighted by Crippen LogP contribution is 2.57. The molecule has 0 unspecified atom stereocenters. The van der Waals surface area contributed by atoms with E-state index in [0.717, 1.165) is 89.5 Å². The first-order valence-electron chi connectivity index (χ1n) is 17.7. The van der Waals surface area contributed by atoms with Gasteiger partial charge >= 0.3 is 8.40 Å². The predicted molar refractivity (Wildman–Crippen MR) is 214 cm³/mol. The number of para-hydroxylation sites is 6. The van der Waals surface area contributed by atoms with Crippen molar-refractivity contribution in [1.82, 2.24) is 9.97 Å². The zero-order chi connectivity index (χ0) is 34.9. The van der Waals surface area contributed by atoms with E-state index in [1.807, 2.05) is 36.9 Å². The van der Waals surface area contributed by atoms with Crippen molar-refractivity contribution in [1.29, 1.82) is 0 Å². The number of ether oxygens (including phenoxy) is 2. The van der Waals surface area contributed by atoms with Gasteiger partial charge in [-0.1, -0.05) is 84.9 Å². The number of rotatable bonds is 2. The lowest BCUT2D eigenvalue weighted by Crippen LogP contribution is -2.77. The Kier molecular flexibility index (Phi) is 6.47. The van der Waals surface area contributed by atoms with Crippen LogP contribution in [0.3, 0.4) is 0 Å². The van der Waals surface area contributed by atoms with Gasteiger partial charge < -0.3 is 18.6 Å². The lowest BCUT2D eigenvalue weighted by Gasteiger charge is -2.48. The number of pyridine rings is 2. The van der Waals surface area contributed by atoms with Gasteiger partial charge in [-0.3, -0.25) is 9.97 Å². The van der Waals surface area contributed by atoms with E-state index in [1.165, 1.54) is 0 Å². The third-order valence-electron chi connectivity index (χ3n) is 10.6. The summed E-state index contributed by atoms with van der Waals surface area (Å²) in [5, 5.41) is 2.24. The van der Waals surface area contributed by atoms with Crippen molar-refractivity contribution in [3.63, 3.8) is 0 Å². The molecule has 53 heavy (non-hydrogen) atoms. The monoisotopic (exact) mass is 698 g/mol. The topological polar surface area (TPSA) is 50.7 Å². The molecular weight excluding hydrogens is 669 g/mol. The number of hydrogen-bond acceptors (Lipinski definition) is 6. The lowest BCUT2D eigenvalue weighted by atomic mass is 9.93. The molecule has 250 valence electrons. The molecular formula is C46H30N4O2Si. The molecule has 1 spiro atoms. The second-order valence-corrected chi connectivity index (χ2v) is 16.7. The molecule has 0 saturated carbocycles. The summed E-state index contributed by atoms with van der Waals surface area (Å²) in [6, 6.07) is 56.0. The number of fused-ring (bicyclic) bond motifs is 11. The zero-order valence-corrected chi connectivity index (χ0v) is 29.4. The second-order valence-electron chi connectivity index (χ2n) is 13.4. The van der Waals surface area contributed by atoms with Gasteiger partial charge in [-0.2, -0.15) is 0 Å². The number of anilines is 4. The average molecular weight is 699 g/mol. The molecule has 2 aromatic heterocycles. The molecule has 0 N–H and O–H groups in total. The second kappa shape index (κ2) is 11.5. The first-order chi connectivity index (χ1) is 26.3. The number of hydrogen-bond donors (Lipinski definition) is 0. The van der Waals surface area contributed by atoms with E-state index < -0.39 is 8.40 Å². The molecule has 3 aliphatic heterocycles. The Morgan fingerprint density at radius 1 is 0.377 bits per heavy atom. The molecule has 11 rings (SSSR count). The number of aromatic nitrogens is 2. The van der Waals surface area contributed by atoms with Crippen LogP contribution in [0, 0.1) is 0 Å². The highest BCUT2D eigenvalue weighted by atomic mass is 28.3. The lowest BCUT2D eigenvalue weighted by molar-refractivity contribution is 0.489. The number of nitrogens with zero attached hydrogens (tertiary/aromatic N) is 4. The maximum Gasteiger partial charge on any atom is 0.348 e. The summed E-state index contributed by atoms with van der Waals surface area (Å²) in [4.78, 5) is 8.98. The minimum absolute atomic E-state index is 0.796. The Balaban J connectivity index is 1.37. The largest absolute Gasteiger partial charge is 0.455 e. The van der Waals surface area contributed by atoms with E-state index in [1.54, 1.807) is 0 Å². The van der Waals surface area contributed by atoms with E-state index in [4.69, 9.17) is 9.47 Å². The van der Waals surface area contributed by atoms with Gasteiger partial charge in [0.25, 0.3) is 0 Å². The van der Waals surface area contributed by atoms with Crippen LogP contribution in [-0.4, -0.2) is 18.4 Å². The molecule has 6 nitrogen and oxygen atoms in total. The normalized spacial score (nSPS) is 14.0. The van der Waals surface area contributed by atoms with Crippen molar-refractivity contribution in [2.75, 3.05) is 9.13 Å². The Morgan fingerprint density at radius 2 is 0.811 bits per heavy atom. The van der Waals surface area contributed by atoms with Crippen molar-refractivity contribution in [3.8, 4) is 56.4 Å². The maximum absolute atomic E-state index is 7.01. The van der Waals surface area contributed by atoms with E-state index in [-0.39, 0.29) is 0 Å². The van der Waals surface area contributed by atoms with Crippen LogP contribution in [0.1, 0.15) is 0 Å². The maximum atomic E-state index is 7.01. The molecule has 7 heteroatoms. The van der Waals surface area contributed by atoms with Gasteiger partial charge in [-0.25, -0.2) is 0 Å². The summed E-state index contributed by atoms with van der Waals surface area (Å²) in [6.07, 6.45) is 7.51. The summed E-state index contributed by atoms with van der Waals surface area (Å²) in [5.74, 6) is 3.25. The minimum atomic E-state index is -3.51. The third-order valence-corrected chi connectivity index (χ3v) is 15.2. The smallest absolute Gasteiger partial charge is 0.348 e. The SMILES string of the molecule is c1cncc(-c2ccc3c(c2)-c2cc(-c4cccnc4)ccc2N2c4ccccc4Oc4ccccc4[Si]24c2ccccc2Oc2ccccc2N34)c1. The van der Waals surface area contributed by atoms with E-state index >= 15 is 0 Å². The van der Waals surface area contributed by atoms with E-state index in [2.05, 4.69) is 165 Å². The van der Waals surface area contributed by atoms with Crippen molar-refractivity contribution in [2.45, 2.75) is 0 Å². The fraction of sp³-hybridized carbons (Fsp3) is 0. The van der Waals surface area contributed by atoms with E-state index in [0.29, 0.717) is 0 Å². The minimum Gasteiger partial charge on any atom is -0.455 e. The molecule has 0 fully saturated rings. The standard InChI is InChI=1S/C46H30N4O2Si/c1-3-15-41-39(13-1)49-37-23-21-31(33-11-9-25-47-29-33)27-35(37)36-28-32(34-12-10-26-48-30-34)22-24-38(36)50-40-14-2-4-16-42(40)52-44-18-6-8-20-46(44)53(49,50)45-19-7-5-17-43(45)51-41/h1-30H. The van der Waals surface area contributed by atoms with Crippen LogP contribution >= 0.6 is 0 Å². The molecule has 0 bridgehead atoms. The Bertz CT molecular complexity index is 2530. The number of benzene rings is 6. The van der Waals surface area contributed by atoms with Crippen molar-refractivity contribution in [2.24, 2.45) is 0 Å². The van der Waals surface area contributed by atoms with Crippen LogP contribution in [0.5, 0.6) is 23.0 Å². The van der Waals surface area contributed by atoms with E-state index in [9.17, 15) is 0 Å². The molecule has 0 aliphatic carbocycles. The molecule has 5 heterocycles. The Hall–Kier alpha value is -6.96. The molecule has 3 aliphatic rings. The first-order valence-corrected chi connectivity index (χ1v) is 19.6. The fourth-order valence-corrected chi connectivity index (χ4v) is 13.6. The van der Waals surface area contributed by atoms with Crippen LogP contribution < -0.4 is 29.0 Å². The van der Waals surface area contributed by atoms with Gasteiger partial charge in [0.15, 0.2) is 0 Å². The van der Waals surface area contributed by atoms with Crippen molar-refractivity contribution >= 4 is 41.5 Å². The fourth-order valence-electron chi connectivity index (χ4n) is 8.38. The van der Waals surface area contributed by atoms with Crippen molar-refractivity contribution < 1.29 is 9.47 Å². The molecule has 0 amide bonds. The summed E-state index contributed by atoms with van der Waals surface area (Å²) in [7, 11) is -3.51. The van der Waals surface area contributed by atoms with Crippen LogP contribution in [0.15, 0.2) is 183 Å². The first kappa shape index (κ1) is 29.7. The Labute approximate surface area is 308 Å². The van der Waals surface area contributed by atoms with Crippen LogP contribution in [-0.2, 0) is 0 Å². The van der Waals surface area contributed by atoms with Crippen molar-refractivity contribution in [3.05, 3.63) is 183 Å². The van der Waals surface area contributed by atoms with Crippen LogP contribution in [0.4, 0.5) is 22.7 Å². The van der Waals surface area contributed by atoms with Gasteiger partial charge in [0, 0.05) is 68.8 Å². The summed E-state index contributed by atoms with van der Waals surface area (Å²) in [5.41, 5.74) is 10.7. The van der Waals surface area contributed by atoms with Gasteiger partial charge in [-0.05, 0) is 83.9 Å². The quantitative estimate of drug-likeness (QED) is 0.168. The van der Waals surface area contributed by atoms with Gasteiger partial charge in [0.05, 0.1) is 11.4 Å². The third kappa shape index (κ3) is 4.32. The summed E-state index contributed by atoms with van der Waals surface area (Å²) >= 11 is 0. The van der Waals surface area contributed by atoms with Gasteiger partial charge in [0.1, 0.15) is 23.0 Å². The molecule has 8 aromatic rings. The highest BCUT2D eigenvalue weighted by Gasteiger charge is 2.60. The summed E-state index contributed by atoms with van der Waals surface area (Å²) < 4.78 is 19.2. The average Bonchev–Trinajstić information content (AvgIpc) is 3.49.